The monoisotopic (exact) mass is 398 g/mol. The second-order valence-corrected chi connectivity index (χ2v) is 7.73. The van der Waals surface area contributed by atoms with E-state index in [2.05, 4.69) is 4.72 Å². The number of sulfonamides is 1. The van der Waals surface area contributed by atoms with E-state index >= 15 is 0 Å². The van der Waals surface area contributed by atoms with Crippen molar-refractivity contribution in [2.75, 3.05) is 16.2 Å². The molecule has 0 atom stereocenters. The van der Waals surface area contributed by atoms with Gasteiger partial charge >= 0.3 is 6.18 Å². The number of nitrogens with zero attached hydrogens (tertiary/aromatic N) is 1. The molecule has 9 heteroatoms. The molecule has 1 aliphatic heterocycles. The van der Waals surface area contributed by atoms with Gasteiger partial charge in [0.25, 0.3) is 10.0 Å². The summed E-state index contributed by atoms with van der Waals surface area (Å²) >= 11 is 0. The zero-order valence-corrected chi connectivity index (χ0v) is 15.2. The number of nitrogens with one attached hydrogen (secondary N) is 1. The SMILES string of the molecule is CCN1C(=O)CCc2cc(NS(=O)(=O)c3ccccc3C(F)(F)F)ccc21. The Morgan fingerprint density at radius 2 is 1.81 bits per heavy atom. The van der Waals surface area contributed by atoms with Crippen LogP contribution < -0.4 is 9.62 Å². The minimum atomic E-state index is -4.79. The van der Waals surface area contributed by atoms with Crippen LogP contribution in [-0.4, -0.2) is 20.9 Å². The molecule has 1 N–H and O–H groups in total. The largest absolute Gasteiger partial charge is 0.417 e. The maximum absolute atomic E-state index is 13.1. The van der Waals surface area contributed by atoms with E-state index < -0.39 is 26.7 Å². The summed E-state index contributed by atoms with van der Waals surface area (Å²) in [6, 6.07) is 8.61. The lowest BCUT2D eigenvalue weighted by Gasteiger charge is -2.28. The number of aryl methyl sites for hydroxylation is 1. The van der Waals surface area contributed by atoms with Gasteiger partial charge in [-0.3, -0.25) is 9.52 Å². The third-order valence-electron chi connectivity index (χ3n) is 4.33. The van der Waals surface area contributed by atoms with Crippen LogP contribution in [0.1, 0.15) is 24.5 Å². The van der Waals surface area contributed by atoms with Gasteiger partial charge in [0.05, 0.1) is 10.5 Å². The first kappa shape index (κ1) is 19.2. The van der Waals surface area contributed by atoms with Crippen LogP contribution in [0.3, 0.4) is 0 Å². The third-order valence-corrected chi connectivity index (χ3v) is 5.77. The number of carbonyl (C=O) groups is 1. The van der Waals surface area contributed by atoms with Crippen molar-refractivity contribution in [2.24, 2.45) is 0 Å². The Morgan fingerprint density at radius 3 is 2.48 bits per heavy atom. The number of amides is 1. The van der Waals surface area contributed by atoms with Crippen LogP contribution >= 0.6 is 0 Å². The van der Waals surface area contributed by atoms with E-state index in [9.17, 15) is 26.4 Å². The van der Waals surface area contributed by atoms with Crippen molar-refractivity contribution in [3.8, 4) is 0 Å². The predicted molar refractivity (Wildman–Crippen MR) is 95.0 cm³/mol. The number of anilines is 2. The number of alkyl halides is 3. The minimum Gasteiger partial charge on any atom is -0.312 e. The van der Waals surface area contributed by atoms with Crippen molar-refractivity contribution >= 4 is 27.3 Å². The molecule has 3 rings (SSSR count). The van der Waals surface area contributed by atoms with Gasteiger partial charge in [-0.25, -0.2) is 8.42 Å². The molecule has 0 aromatic heterocycles. The van der Waals surface area contributed by atoms with Crippen LogP contribution in [0, 0.1) is 0 Å². The summed E-state index contributed by atoms with van der Waals surface area (Å²) in [6.45, 7) is 2.31. The van der Waals surface area contributed by atoms with E-state index in [1.165, 1.54) is 12.1 Å². The topological polar surface area (TPSA) is 66.5 Å². The molecular formula is C18H17F3N2O3S. The Labute approximate surface area is 154 Å². The molecule has 0 bridgehead atoms. The third kappa shape index (κ3) is 3.78. The van der Waals surface area contributed by atoms with Crippen LogP contribution in [0.5, 0.6) is 0 Å². The van der Waals surface area contributed by atoms with E-state index in [1.807, 2.05) is 6.92 Å². The Kier molecular flexibility index (Phi) is 4.90. The molecule has 0 saturated heterocycles. The molecule has 2 aromatic carbocycles. The molecule has 2 aromatic rings. The first-order valence-electron chi connectivity index (χ1n) is 8.26. The molecular weight excluding hydrogens is 381 g/mol. The van der Waals surface area contributed by atoms with Gasteiger partial charge in [-0.15, -0.1) is 0 Å². The van der Waals surface area contributed by atoms with Crippen molar-refractivity contribution in [3.63, 3.8) is 0 Å². The molecule has 0 aliphatic carbocycles. The van der Waals surface area contributed by atoms with Crippen molar-refractivity contribution < 1.29 is 26.4 Å². The first-order chi connectivity index (χ1) is 12.6. The number of hydrogen-bond acceptors (Lipinski definition) is 3. The normalized spacial score (nSPS) is 14.8. The number of carbonyl (C=O) groups excluding carboxylic acids is 1. The van der Waals surface area contributed by atoms with Gasteiger partial charge in [0.2, 0.25) is 5.91 Å². The van der Waals surface area contributed by atoms with E-state index in [0.29, 0.717) is 25.1 Å². The van der Waals surface area contributed by atoms with E-state index in [0.717, 1.165) is 23.8 Å². The van der Waals surface area contributed by atoms with Crippen molar-refractivity contribution in [2.45, 2.75) is 30.8 Å². The lowest BCUT2D eigenvalue weighted by Crippen LogP contribution is -2.34. The lowest BCUT2D eigenvalue weighted by atomic mass is 10.0. The standard InChI is InChI=1S/C18H17F3N2O3S/c1-2-23-15-9-8-13(11-12(15)7-10-17(23)24)22-27(25,26)16-6-4-3-5-14(16)18(19,20)21/h3-6,8-9,11,22H,2,7,10H2,1H3. The van der Waals surface area contributed by atoms with Gasteiger partial charge < -0.3 is 4.90 Å². The van der Waals surface area contributed by atoms with E-state index in [-0.39, 0.29) is 11.6 Å². The highest BCUT2D eigenvalue weighted by Crippen LogP contribution is 2.35. The molecule has 27 heavy (non-hydrogen) atoms. The fourth-order valence-electron chi connectivity index (χ4n) is 3.12. The Bertz CT molecular complexity index is 988. The Balaban J connectivity index is 1.96. The Hall–Kier alpha value is -2.55. The zero-order valence-electron chi connectivity index (χ0n) is 14.4. The van der Waals surface area contributed by atoms with Crippen LogP contribution in [0.15, 0.2) is 47.4 Å². The lowest BCUT2D eigenvalue weighted by molar-refractivity contribution is -0.139. The number of halogens is 3. The highest BCUT2D eigenvalue weighted by atomic mass is 32.2. The second kappa shape index (κ2) is 6.88. The quantitative estimate of drug-likeness (QED) is 0.852. The zero-order chi connectivity index (χ0) is 19.8. The molecule has 1 heterocycles. The average Bonchev–Trinajstić information content (AvgIpc) is 2.61. The molecule has 144 valence electrons. The van der Waals surface area contributed by atoms with Gasteiger partial charge in [-0.05, 0) is 49.2 Å². The van der Waals surface area contributed by atoms with Gasteiger partial charge in [0.15, 0.2) is 0 Å². The number of hydrogen-bond donors (Lipinski definition) is 1. The summed E-state index contributed by atoms with van der Waals surface area (Å²) in [5.74, 6) is -0.0163. The maximum Gasteiger partial charge on any atom is 0.417 e. The predicted octanol–water partition coefficient (Wildman–Crippen LogP) is 3.81. The second-order valence-electron chi connectivity index (χ2n) is 6.08. The molecule has 0 fully saturated rings. The highest BCUT2D eigenvalue weighted by Gasteiger charge is 2.37. The molecule has 0 spiro atoms. The van der Waals surface area contributed by atoms with Crippen molar-refractivity contribution in [1.82, 2.24) is 0 Å². The molecule has 5 nitrogen and oxygen atoms in total. The molecule has 1 amide bonds. The molecule has 0 saturated carbocycles. The number of benzene rings is 2. The van der Waals surface area contributed by atoms with Crippen LogP contribution in [0.4, 0.5) is 24.5 Å². The highest BCUT2D eigenvalue weighted by molar-refractivity contribution is 7.92. The van der Waals surface area contributed by atoms with Crippen molar-refractivity contribution in [1.29, 1.82) is 0 Å². The van der Waals surface area contributed by atoms with Gasteiger partial charge in [-0.2, -0.15) is 13.2 Å². The molecule has 1 aliphatic rings. The fourth-order valence-corrected chi connectivity index (χ4v) is 4.39. The van der Waals surface area contributed by atoms with Crippen LogP contribution in [0.2, 0.25) is 0 Å². The Morgan fingerprint density at radius 1 is 1.11 bits per heavy atom. The van der Waals surface area contributed by atoms with Gasteiger partial charge in [-0.1, -0.05) is 12.1 Å². The number of rotatable bonds is 4. The summed E-state index contributed by atoms with van der Waals surface area (Å²) in [5.41, 5.74) is 0.377. The fraction of sp³-hybridized carbons (Fsp3) is 0.278. The average molecular weight is 398 g/mol. The maximum atomic E-state index is 13.1. The van der Waals surface area contributed by atoms with Gasteiger partial charge in [0.1, 0.15) is 0 Å². The summed E-state index contributed by atoms with van der Waals surface area (Å²) in [6.07, 6.45) is -4.05. The molecule has 0 radical (unpaired) electrons. The van der Waals surface area contributed by atoms with Crippen LogP contribution in [0.25, 0.3) is 0 Å². The van der Waals surface area contributed by atoms with Crippen molar-refractivity contribution in [3.05, 3.63) is 53.6 Å². The smallest absolute Gasteiger partial charge is 0.312 e. The van der Waals surface area contributed by atoms with E-state index in [4.69, 9.17) is 0 Å². The number of fused-ring (bicyclic) bond motifs is 1. The summed E-state index contributed by atoms with van der Waals surface area (Å²) < 4.78 is 66.7. The summed E-state index contributed by atoms with van der Waals surface area (Å²) in [4.78, 5) is 12.7. The van der Waals surface area contributed by atoms with Gasteiger partial charge in [0, 0.05) is 24.3 Å². The summed E-state index contributed by atoms with van der Waals surface area (Å²) in [5, 5.41) is 0. The first-order valence-corrected chi connectivity index (χ1v) is 9.74. The van der Waals surface area contributed by atoms with Crippen LogP contribution in [-0.2, 0) is 27.4 Å². The summed E-state index contributed by atoms with van der Waals surface area (Å²) in [7, 11) is -4.43. The molecule has 0 unspecified atom stereocenters. The van der Waals surface area contributed by atoms with E-state index in [1.54, 1.807) is 17.0 Å². The minimum absolute atomic E-state index is 0.0163.